The molecule has 1 aromatic carbocycles. The molecule has 144 valence electrons. The van der Waals surface area contributed by atoms with Crippen molar-refractivity contribution in [2.24, 2.45) is 4.99 Å². The zero-order valence-corrected chi connectivity index (χ0v) is 17.0. The van der Waals surface area contributed by atoms with Crippen molar-refractivity contribution in [3.8, 4) is 0 Å². The SMILES string of the molecule is CCNC(=NCc1cccc(C(=O)NC(C)CC)c1)NCC1CCCS1. The second kappa shape index (κ2) is 11.1. The fourth-order valence-corrected chi connectivity index (χ4v) is 3.95. The van der Waals surface area contributed by atoms with Crippen LogP contribution in [0.25, 0.3) is 0 Å². The van der Waals surface area contributed by atoms with E-state index < -0.39 is 0 Å². The van der Waals surface area contributed by atoms with Crippen LogP contribution in [-0.2, 0) is 6.54 Å². The normalized spacial score (nSPS) is 18.4. The summed E-state index contributed by atoms with van der Waals surface area (Å²) < 4.78 is 0. The van der Waals surface area contributed by atoms with Crippen LogP contribution in [0.5, 0.6) is 0 Å². The Hall–Kier alpha value is -1.69. The van der Waals surface area contributed by atoms with Crippen molar-refractivity contribution in [3.63, 3.8) is 0 Å². The highest BCUT2D eigenvalue weighted by Gasteiger charge is 2.15. The number of thioether (sulfide) groups is 1. The van der Waals surface area contributed by atoms with Gasteiger partial charge in [0.1, 0.15) is 0 Å². The summed E-state index contributed by atoms with van der Waals surface area (Å²) in [4.78, 5) is 17.0. The van der Waals surface area contributed by atoms with Crippen molar-refractivity contribution in [3.05, 3.63) is 35.4 Å². The Bertz CT molecular complexity index is 599. The Kier molecular flexibility index (Phi) is 8.81. The maximum atomic E-state index is 12.3. The third-order valence-corrected chi connectivity index (χ3v) is 5.86. The highest BCUT2D eigenvalue weighted by molar-refractivity contribution is 8.00. The molecule has 2 unspecified atom stereocenters. The number of nitrogens with zero attached hydrogens (tertiary/aromatic N) is 1. The molecule has 3 N–H and O–H groups in total. The molecule has 1 heterocycles. The summed E-state index contributed by atoms with van der Waals surface area (Å²) in [6.07, 6.45) is 3.52. The lowest BCUT2D eigenvalue weighted by Gasteiger charge is -2.14. The van der Waals surface area contributed by atoms with Gasteiger partial charge < -0.3 is 16.0 Å². The fourth-order valence-electron chi connectivity index (χ4n) is 2.75. The van der Waals surface area contributed by atoms with E-state index in [4.69, 9.17) is 0 Å². The van der Waals surface area contributed by atoms with Crippen LogP contribution >= 0.6 is 11.8 Å². The largest absolute Gasteiger partial charge is 0.357 e. The van der Waals surface area contributed by atoms with E-state index in [9.17, 15) is 4.79 Å². The van der Waals surface area contributed by atoms with Crippen LogP contribution in [-0.4, -0.2) is 42.0 Å². The van der Waals surface area contributed by atoms with Crippen molar-refractivity contribution in [1.82, 2.24) is 16.0 Å². The van der Waals surface area contributed by atoms with Crippen LogP contribution in [0.2, 0.25) is 0 Å². The number of rotatable bonds is 8. The van der Waals surface area contributed by atoms with Gasteiger partial charge in [-0.05, 0) is 56.6 Å². The van der Waals surface area contributed by atoms with E-state index >= 15 is 0 Å². The molecule has 1 aliphatic rings. The van der Waals surface area contributed by atoms with Gasteiger partial charge in [-0.25, -0.2) is 4.99 Å². The third kappa shape index (κ3) is 6.90. The van der Waals surface area contributed by atoms with Crippen molar-refractivity contribution < 1.29 is 4.79 Å². The van der Waals surface area contributed by atoms with Crippen molar-refractivity contribution in [2.45, 2.75) is 57.9 Å². The van der Waals surface area contributed by atoms with Gasteiger partial charge in [0.25, 0.3) is 5.91 Å². The van der Waals surface area contributed by atoms with Crippen LogP contribution in [0.3, 0.4) is 0 Å². The number of benzene rings is 1. The number of amides is 1. The second-order valence-electron chi connectivity index (χ2n) is 6.69. The summed E-state index contributed by atoms with van der Waals surface area (Å²) in [5.74, 6) is 2.09. The summed E-state index contributed by atoms with van der Waals surface area (Å²) >= 11 is 2.04. The van der Waals surface area contributed by atoms with Gasteiger partial charge in [0, 0.05) is 29.9 Å². The summed E-state index contributed by atoms with van der Waals surface area (Å²) in [6.45, 7) is 8.49. The smallest absolute Gasteiger partial charge is 0.251 e. The molecule has 0 saturated carbocycles. The highest BCUT2D eigenvalue weighted by atomic mass is 32.2. The molecule has 1 amide bonds. The molecule has 0 bridgehead atoms. The van der Waals surface area contributed by atoms with Crippen LogP contribution < -0.4 is 16.0 Å². The predicted octanol–water partition coefficient (Wildman–Crippen LogP) is 3.17. The van der Waals surface area contributed by atoms with Gasteiger partial charge in [0.15, 0.2) is 5.96 Å². The second-order valence-corrected chi connectivity index (χ2v) is 8.10. The highest BCUT2D eigenvalue weighted by Crippen LogP contribution is 2.25. The number of carbonyl (C=O) groups excluding carboxylic acids is 1. The average Bonchev–Trinajstić information content (AvgIpc) is 3.17. The Morgan fingerprint density at radius 2 is 2.19 bits per heavy atom. The van der Waals surface area contributed by atoms with Gasteiger partial charge >= 0.3 is 0 Å². The Morgan fingerprint density at radius 1 is 1.35 bits per heavy atom. The molecule has 1 saturated heterocycles. The van der Waals surface area contributed by atoms with E-state index in [0.29, 0.717) is 17.4 Å². The molecule has 0 radical (unpaired) electrons. The monoisotopic (exact) mass is 376 g/mol. The van der Waals surface area contributed by atoms with Crippen LogP contribution in [0.15, 0.2) is 29.3 Å². The molecule has 0 aromatic heterocycles. The van der Waals surface area contributed by atoms with Crippen molar-refractivity contribution in [2.75, 3.05) is 18.8 Å². The topological polar surface area (TPSA) is 65.5 Å². The molecule has 2 atom stereocenters. The first kappa shape index (κ1) is 20.6. The first-order chi connectivity index (χ1) is 12.6. The maximum absolute atomic E-state index is 12.3. The Labute approximate surface area is 161 Å². The van der Waals surface area contributed by atoms with E-state index in [0.717, 1.165) is 31.0 Å². The van der Waals surface area contributed by atoms with Crippen molar-refractivity contribution >= 4 is 23.6 Å². The number of hydrogen-bond acceptors (Lipinski definition) is 3. The molecule has 0 aliphatic carbocycles. The van der Waals surface area contributed by atoms with E-state index in [1.54, 1.807) is 0 Å². The number of guanidine groups is 1. The molecule has 26 heavy (non-hydrogen) atoms. The molecular formula is C20H32N4OS. The zero-order chi connectivity index (χ0) is 18.8. The number of hydrogen-bond donors (Lipinski definition) is 3. The van der Waals surface area contributed by atoms with Gasteiger partial charge in [0.05, 0.1) is 6.54 Å². The molecule has 5 nitrogen and oxygen atoms in total. The van der Waals surface area contributed by atoms with E-state index in [-0.39, 0.29) is 11.9 Å². The average molecular weight is 377 g/mol. The van der Waals surface area contributed by atoms with Crippen LogP contribution in [0.4, 0.5) is 0 Å². The Balaban J connectivity index is 1.94. The lowest BCUT2D eigenvalue weighted by molar-refractivity contribution is 0.0939. The minimum atomic E-state index is -0.0199. The van der Waals surface area contributed by atoms with E-state index in [1.165, 1.54) is 18.6 Å². The summed E-state index contributed by atoms with van der Waals surface area (Å²) in [5, 5.41) is 10.4. The third-order valence-electron chi connectivity index (χ3n) is 4.46. The molecule has 0 spiro atoms. The van der Waals surface area contributed by atoms with E-state index in [2.05, 4.69) is 34.8 Å². The lowest BCUT2D eigenvalue weighted by atomic mass is 10.1. The van der Waals surface area contributed by atoms with Crippen molar-refractivity contribution in [1.29, 1.82) is 0 Å². The predicted molar refractivity (Wildman–Crippen MR) is 112 cm³/mol. The first-order valence-corrected chi connectivity index (χ1v) is 10.7. The zero-order valence-electron chi connectivity index (χ0n) is 16.2. The minimum absolute atomic E-state index is 0.0199. The van der Waals surface area contributed by atoms with Gasteiger partial charge in [-0.15, -0.1) is 0 Å². The Morgan fingerprint density at radius 3 is 2.88 bits per heavy atom. The van der Waals surface area contributed by atoms with Crippen LogP contribution in [0.1, 0.15) is 56.0 Å². The fraction of sp³-hybridized carbons (Fsp3) is 0.600. The maximum Gasteiger partial charge on any atom is 0.251 e. The summed E-state index contributed by atoms with van der Waals surface area (Å²) in [7, 11) is 0. The van der Waals surface area contributed by atoms with Gasteiger partial charge in [-0.1, -0.05) is 19.1 Å². The molecule has 6 heteroatoms. The molecule has 1 fully saturated rings. The number of carbonyl (C=O) groups is 1. The van der Waals surface area contributed by atoms with Crippen LogP contribution in [0, 0.1) is 0 Å². The molecule has 2 rings (SSSR count). The molecular weight excluding hydrogens is 344 g/mol. The minimum Gasteiger partial charge on any atom is -0.357 e. The number of aliphatic imine (C=N–C) groups is 1. The van der Waals surface area contributed by atoms with Gasteiger partial charge in [0.2, 0.25) is 0 Å². The first-order valence-electron chi connectivity index (χ1n) is 9.66. The standard InChI is InChI=1S/C20H32N4OS/c1-4-15(3)24-19(25)17-9-6-8-16(12-17)13-22-20(21-5-2)23-14-18-10-7-11-26-18/h6,8-9,12,15,18H,4-5,7,10-11,13-14H2,1-3H3,(H,24,25)(H2,21,22,23). The summed E-state index contributed by atoms with van der Waals surface area (Å²) in [6, 6.07) is 7.90. The quantitative estimate of drug-likeness (QED) is 0.482. The number of nitrogens with one attached hydrogen (secondary N) is 3. The van der Waals surface area contributed by atoms with Gasteiger partial charge in [-0.2, -0.15) is 11.8 Å². The van der Waals surface area contributed by atoms with E-state index in [1.807, 2.05) is 43.0 Å². The lowest BCUT2D eigenvalue weighted by Crippen LogP contribution is -2.40. The summed E-state index contributed by atoms with van der Waals surface area (Å²) in [5.41, 5.74) is 1.73. The van der Waals surface area contributed by atoms with Gasteiger partial charge in [-0.3, -0.25) is 4.79 Å². The molecule has 1 aromatic rings. The molecule has 1 aliphatic heterocycles.